The molecule has 0 aromatic heterocycles. The molecule has 1 aromatic carbocycles. The summed E-state index contributed by atoms with van der Waals surface area (Å²) in [5.74, 6) is 0.429. The number of nitrogens with zero attached hydrogens (tertiary/aromatic N) is 1. The van der Waals surface area contributed by atoms with E-state index in [-0.39, 0.29) is 5.82 Å². The van der Waals surface area contributed by atoms with Crippen molar-refractivity contribution in [1.29, 1.82) is 0 Å². The summed E-state index contributed by atoms with van der Waals surface area (Å²) in [6.07, 6.45) is 0. The number of halogens is 1. The number of benzene rings is 1. The first-order valence-corrected chi connectivity index (χ1v) is 5.69. The lowest BCUT2D eigenvalue weighted by Gasteiger charge is -2.24. The summed E-state index contributed by atoms with van der Waals surface area (Å²) in [5.41, 5.74) is 1.72. The molecule has 0 heterocycles. The fourth-order valence-corrected chi connectivity index (χ4v) is 1.90. The smallest absolute Gasteiger partial charge is 0.129 e. The Labute approximate surface area is 97.5 Å². The van der Waals surface area contributed by atoms with Crippen LogP contribution in [-0.4, -0.2) is 20.6 Å². The quantitative estimate of drug-likeness (QED) is 0.827. The molecule has 1 N–H and O–H groups in total. The van der Waals surface area contributed by atoms with E-state index >= 15 is 0 Å². The molecule has 0 aliphatic carbocycles. The van der Waals surface area contributed by atoms with Crippen molar-refractivity contribution in [2.24, 2.45) is 5.92 Å². The van der Waals surface area contributed by atoms with Gasteiger partial charge in [0.25, 0.3) is 0 Å². The lowest BCUT2D eigenvalue weighted by Crippen LogP contribution is -2.25. The second-order valence-electron chi connectivity index (χ2n) is 4.54. The van der Waals surface area contributed by atoms with Crippen LogP contribution in [0.25, 0.3) is 0 Å². The van der Waals surface area contributed by atoms with Gasteiger partial charge in [0.15, 0.2) is 0 Å². The van der Waals surface area contributed by atoms with Gasteiger partial charge in [-0.05, 0) is 25.1 Å². The SMILES string of the molecule is CNCc1c(F)cccc1N(C)CC(C)C. The minimum atomic E-state index is -0.137. The summed E-state index contributed by atoms with van der Waals surface area (Å²) in [6, 6.07) is 5.25. The third-order valence-corrected chi connectivity index (χ3v) is 2.50. The first-order chi connectivity index (χ1) is 7.56. The van der Waals surface area contributed by atoms with Crippen molar-refractivity contribution >= 4 is 5.69 Å². The molecular formula is C13H21FN2. The standard InChI is InChI=1S/C13H21FN2/c1-10(2)9-16(4)13-7-5-6-12(14)11(13)8-15-3/h5-7,10,15H,8-9H2,1-4H3. The molecule has 0 aliphatic heterocycles. The van der Waals surface area contributed by atoms with E-state index in [4.69, 9.17) is 0 Å². The second kappa shape index (κ2) is 5.85. The summed E-state index contributed by atoms with van der Waals surface area (Å²) in [4.78, 5) is 2.11. The molecule has 2 nitrogen and oxygen atoms in total. The Bertz CT molecular complexity index is 337. The van der Waals surface area contributed by atoms with Gasteiger partial charge >= 0.3 is 0 Å². The van der Waals surface area contributed by atoms with Crippen LogP contribution in [0.5, 0.6) is 0 Å². The highest BCUT2D eigenvalue weighted by atomic mass is 19.1. The average Bonchev–Trinajstić information content (AvgIpc) is 2.20. The molecule has 0 saturated heterocycles. The van der Waals surface area contributed by atoms with Crippen LogP contribution in [0, 0.1) is 11.7 Å². The third-order valence-electron chi connectivity index (χ3n) is 2.50. The molecule has 16 heavy (non-hydrogen) atoms. The Morgan fingerprint density at radius 1 is 1.38 bits per heavy atom. The Balaban J connectivity index is 2.97. The Morgan fingerprint density at radius 2 is 2.06 bits per heavy atom. The molecule has 0 aliphatic rings. The average molecular weight is 224 g/mol. The lowest BCUT2D eigenvalue weighted by atomic mass is 10.1. The van der Waals surface area contributed by atoms with Crippen molar-refractivity contribution < 1.29 is 4.39 Å². The highest BCUT2D eigenvalue weighted by molar-refractivity contribution is 5.53. The van der Waals surface area contributed by atoms with Crippen molar-refractivity contribution in [3.63, 3.8) is 0 Å². The molecule has 0 bridgehead atoms. The van der Waals surface area contributed by atoms with E-state index in [1.165, 1.54) is 6.07 Å². The molecule has 0 saturated carbocycles. The molecule has 3 heteroatoms. The first-order valence-electron chi connectivity index (χ1n) is 5.69. The van der Waals surface area contributed by atoms with Crippen molar-refractivity contribution in [3.8, 4) is 0 Å². The molecule has 0 radical (unpaired) electrons. The van der Waals surface area contributed by atoms with E-state index < -0.39 is 0 Å². The van der Waals surface area contributed by atoms with E-state index in [1.54, 1.807) is 6.07 Å². The molecule has 0 fully saturated rings. The third kappa shape index (κ3) is 3.20. The summed E-state index contributed by atoms with van der Waals surface area (Å²) >= 11 is 0. The van der Waals surface area contributed by atoms with Crippen LogP contribution < -0.4 is 10.2 Å². The maximum absolute atomic E-state index is 13.7. The van der Waals surface area contributed by atoms with E-state index in [0.717, 1.165) is 17.8 Å². The van der Waals surface area contributed by atoms with Gasteiger partial charge in [0.2, 0.25) is 0 Å². The summed E-state index contributed by atoms with van der Waals surface area (Å²) in [6.45, 7) is 5.81. The van der Waals surface area contributed by atoms with Crippen molar-refractivity contribution in [1.82, 2.24) is 5.32 Å². The van der Waals surface area contributed by atoms with Crippen LogP contribution in [-0.2, 0) is 6.54 Å². The highest BCUT2D eigenvalue weighted by Gasteiger charge is 2.11. The van der Waals surface area contributed by atoms with Crippen LogP contribution in [0.2, 0.25) is 0 Å². The molecule has 0 atom stereocenters. The number of hydrogen-bond acceptors (Lipinski definition) is 2. The van der Waals surface area contributed by atoms with E-state index in [1.807, 2.05) is 20.2 Å². The number of hydrogen-bond donors (Lipinski definition) is 1. The van der Waals surface area contributed by atoms with Gasteiger partial charge in [0.05, 0.1) is 0 Å². The number of nitrogens with one attached hydrogen (secondary N) is 1. The van der Waals surface area contributed by atoms with Crippen LogP contribution >= 0.6 is 0 Å². The topological polar surface area (TPSA) is 15.3 Å². The van der Waals surface area contributed by atoms with Gasteiger partial charge < -0.3 is 10.2 Å². The zero-order valence-electron chi connectivity index (χ0n) is 10.5. The highest BCUT2D eigenvalue weighted by Crippen LogP contribution is 2.22. The number of rotatable bonds is 5. The Hall–Kier alpha value is -1.09. The summed E-state index contributed by atoms with van der Waals surface area (Å²) in [5, 5.41) is 3.01. The van der Waals surface area contributed by atoms with Gasteiger partial charge in [0.1, 0.15) is 5.82 Å². The second-order valence-corrected chi connectivity index (χ2v) is 4.54. The fourth-order valence-electron chi connectivity index (χ4n) is 1.90. The zero-order chi connectivity index (χ0) is 12.1. The fraction of sp³-hybridized carbons (Fsp3) is 0.538. The van der Waals surface area contributed by atoms with Gasteiger partial charge in [-0.1, -0.05) is 19.9 Å². The maximum atomic E-state index is 13.7. The monoisotopic (exact) mass is 224 g/mol. The van der Waals surface area contributed by atoms with Crippen LogP contribution in [0.1, 0.15) is 19.4 Å². The summed E-state index contributed by atoms with van der Waals surface area (Å²) in [7, 11) is 3.84. The molecule has 1 rings (SSSR count). The minimum Gasteiger partial charge on any atom is -0.374 e. The molecule has 1 aromatic rings. The summed E-state index contributed by atoms with van der Waals surface area (Å²) < 4.78 is 13.7. The minimum absolute atomic E-state index is 0.137. The molecule has 0 unspecified atom stereocenters. The van der Waals surface area contributed by atoms with Gasteiger partial charge in [-0.2, -0.15) is 0 Å². The Morgan fingerprint density at radius 3 is 2.62 bits per heavy atom. The Kier molecular flexibility index (Phi) is 4.74. The molecule has 0 spiro atoms. The van der Waals surface area contributed by atoms with Crippen molar-refractivity contribution in [2.75, 3.05) is 25.5 Å². The lowest BCUT2D eigenvalue weighted by molar-refractivity contribution is 0.594. The van der Waals surface area contributed by atoms with Crippen molar-refractivity contribution in [3.05, 3.63) is 29.6 Å². The molecule has 90 valence electrons. The van der Waals surface area contributed by atoms with Crippen LogP contribution in [0.15, 0.2) is 18.2 Å². The molecule has 0 amide bonds. The van der Waals surface area contributed by atoms with Gasteiger partial charge in [-0.25, -0.2) is 4.39 Å². The number of anilines is 1. The van der Waals surface area contributed by atoms with E-state index in [0.29, 0.717) is 12.5 Å². The molecular weight excluding hydrogens is 203 g/mol. The largest absolute Gasteiger partial charge is 0.374 e. The van der Waals surface area contributed by atoms with E-state index in [9.17, 15) is 4.39 Å². The predicted molar refractivity (Wildman–Crippen MR) is 67.3 cm³/mol. The van der Waals surface area contributed by atoms with E-state index in [2.05, 4.69) is 24.1 Å². The van der Waals surface area contributed by atoms with Gasteiger partial charge in [-0.3, -0.25) is 0 Å². The van der Waals surface area contributed by atoms with Gasteiger partial charge in [0, 0.05) is 31.4 Å². The predicted octanol–water partition coefficient (Wildman–Crippen LogP) is 2.64. The zero-order valence-corrected chi connectivity index (χ0v) is 10.5. The van der Waals surface area contributed by atoms with Crippen molar-refractivity contribution in [2.45, 2.75) is 20.4 Å². The van der Waals surface area contributed by atoms with Crippen LogP contribution in [0.3, 0.4) is 0 Å². The van der Waals surface area contributed by atoms with Crippen LogP contribution in [0.4, 0.5) is 10.1 Å². The van der Waals surface area contributed by atoms with Gasteiger partial charge in [-0.15, -0.1) is 0 Å². The normalized spacial score (nSPS) is 10.9. The first kappa shape index (κ1) is 13.0. The maximum Gasteiger partial charge on any atom is 0.129 e.